The van der Waals surface area contributed by atoms with Crippen molar-refractivity contribution in [2.24, 2.45) is 0 Å². The summed E-state index contributed by atoms with van der Waals surface area (Å²) >= 11 is 0. The van der Waals surface area contributed by atoms with E-state index in [2.05, 4.69) is 60.3 Å². The summed E-state index contributed by atoms with van der Waals surface area (Å²) in [7, 11) is 0. The van der Waals surface area contributed by atoms with Crippen molar-refractivity contribution >= 4 is 0 Å². The topological polar surface area (TPSA) is 53.6 Å². The molecular formula is C14H20N4. The Kier molecular flexibility index (Phi) is 3.77. The van der Waals surface area contributed by atoms with E-state index >= 15 is 0 Å². The van der Waals surface area contributed by atoms with Crippen LogP contribution in [0, 0.1) is 20.8 Å². The maximum atomic E-state index is 4.11. The van der Waals surface area contributed by atoms with Crippen LogP contribution >= 0.6 is 0 Å². The lowest BCUT2D eigenvalue weighted by molar-refractivity contribution is 0.555. The maximum Gasteiger partial charge on any atom is 0.138 e. The van der Waals surface area contributed by atoms with E-state index < -0.39 is 0 Å². The highest BCUT2D eigenvalue weighted by Gasteiger charge is 2.11. The molecule has 0 spiro atoms. The van der Waals surface area contributed by atoms with E-state index in [0.717, 1.165) is 5.82 Å². The van der Waals surface area contributed by atoms with Crippen LogP contribution in [0.4, 0.5) is 0 Å². The Balaban J connectivity index is 2.11. The fourth-order valence-corrected chi connectivity index (χ4v) is 2.54. The second-order valence-corrected chi connectivity index (χ2v) is 4.85. The zero-order valence-corrected chi connectivity index (χ0v) is 11.4. The predicted molar refractivity (Wildman–Crippen MR) is 72.3 cm³/mol. The molecule has 2 rings (SSSR count). The molecule has 0 aliphatic rings. The summed E-state index contributed by atoms with van der Waals surface area (Å²) in [6, 6.07) is 4.76. The molecule has 0 aliphatic heterocycles. The molecule has 0 amide bonds. The first-order valence-corrected chi connectivity index (χ1v) is 6.23. The summed E-state index contributed by atoms with van der Waals surface area (Å²) in [5, 5.41) is 10.2. The minimum absolute atomic E-state index is 0.302. The number of hydrogen-bond donors (Lipinski definition) is 2. The molecule has 0 fully saturated rings. The maximum absolute atomic E-state index is 4.11. The van der Waals surface area contributed by atoms with Gasteiger partial charge < -0.3 is 5.32 Å². The standard InChI is InChI=1S/C14H20N4/c1-9-5-10(2)14(11(3)6-9)12(4)15-7-13-16-8-17-18-13/h5-6,8,12,15H,7H2,1-4H3,(H,16,17,18). The zero-order valence-electron chi connectivity index (χ0n) is 11.4. The van der Waals surface area contributed by atoms with Crippen molar-refractivity contribution in [1.82, 2.24) is 20.5 Å². The number of H-pyrrole nitrogens is 1. The van der Waals surface area contributed by atoms with Gasteiger partial charge in [-0.3, -0.25) is 5.10 Å². The Morgan fingerprint density at radius 3 is 2.44 bits per heavy atom. The van der Waals surface area contributed by atoms with Gasteiger partial charge in [0.05, 0.1) is 6.54 Å². The van der Waals surface area contributed by atoms with Crippen molar-refractivity contribution in [3.8, 4) is 0 Å². The van der Waals surface area contributed by atoms with Crippen LogP contribution in [0.15, 0.2) is 18.5 Å². The molecule has 0 bridgehead atoms. The first kappa shape index (κ1) is 12.8. The molecule has 0 radical (unpaired) electrons. The third-order valence-electron chi connectivity index (χ3n) is 3.21. The lowest BCUT2D eigenvalue weighted by Crippen LogP contribution is -2.20. The molecular weight excluding hydrogens is 224 g/mol. The third-order valence-corrected chi connectivity index (χ3v) is 3.21. The second-order valence-electron chi connectivity index (χ2n) is 4.85. The first-order chi connectivity index (χ1) is 8.58. The van der Waals surface area contributed by atoms with E-state index in [4.69, 9.17) is 0 Å². The molecule has 2 aromatic rings. The van der Waals surface area contributed by atoms with Crippen LogP contribution in [-0.4, -0.2) is 15.2 Å². The van der Waals surface area contributed by atoms with E-state index in [-0.39, 0.29) is 0 Å². The van der Waals surface area contributed by atoms with Crippen molar-refractivity contribution in [1.29, 1.82) is 0 Å². The number of aryl methyl sites for hydroxylation is 3. The minimum atomic E-state index is 0.302. The first-order valence-electron chi connectivity index (χ1n) is 6.23. The summed E-state index contributed by atoms with van der Waals surface area (Å²) in [6.45, 7) is 9.36. The Morgan fingerprint density at radius 2 is 1.89 bits per heavy atom. The fraction of sp³-hybridized carbons (Fsp3) is 0.429. The van der Waals surface area contributed by atoms with E-state index in [1.165, 1.54) is 28.6 Å². The monoisotopic (exact) mass is 244 g/mol. The average Bonchev–Trinajstić information content (AvgIpc) is 2.77. The molecule has 0 saturated heterocycles. The Morgan fingerprint density at radius 1 is 1.22 bits per heavy atom. The van der Waals surface area contributed by atoms with Gasteiger partial charge in [0.2, 0.25) is 0 Å². The zero-order chi connectivity index (χ0) is 13.1. The Hall–Kier alpha value is -1.68. The molecule has 2 N–H and O–H groups in total. The van der Waals surface area contributed by atoms with Crippen LogP contribution in [0.5, 0.6) is 0 Å². The summed E-state index contributed by atoms with van der Waals surface area (Å²) in [6.07, 6.45) is 1.53. The van der Waals surface area contributed by atoms with Gasteiger partial charge in [0.25, 0.3) is 0 Å². The van der Waals surface area contributed by atoms with Crippen LogP contribution in [0.25, 0.3) is 0 Å². The van der Waals surface area contributed by atoms with Crippen LogP contribution in [0.1, 0.15) is 41.0 Å². The number of aromatic nitrogens is 3. The quantitative estimate of drug-likeness (QED) is 0.869. The molecule has 1 heterocycles. The largest absolute Gasteiger partial charge is 0.303 e. The van der Waals surface area contributed by atoms with Gasteiger partial charge in [-0.05, 0) is 44.4 Å². The molecule has 4 heteroatoms. The molecule has 96 valence electrons. The minimum Gasteiger partial charge on any atom is -0.303 e. The number of nitrogens with zero attached hydrogens (tertiary/aromatic N) is 2. The van der Waals surface area contributed by atoms with Crippen molar-refractivity contribution < 1.29 is 0 Å². The number of benzene rings is 1. The highest BCUT2D eigenvalue weighted by molar-refractivity contribution is 5.39. The van der Waals surface area contributed by atoms with Crippen molar-refractivity contribution in [2.45, 2.75) is 40.3 Å². The van der Waals surface area contributed by atoms with Gasteiger partial charge in [-0.1, -0.05) is 17.7 Å². The number of hydrogen-bond acceptors (Lipinski definition) is 3. The van der Waals surface area contributed by atoms with Gasteiger partial charge in [0, 0.05) is 6.04 Å². The smallest absolute Gasteiger partial charge is 0.138 e. The SMILES string of the molecule is Cc1cc(C)c(C(C)NCc2ncn[nH]2)c(C)c1. The number of rotatable bonds is 4. The number of nitrogens with one attached hydrogen (secondary N) is 2. The fourth-order valence-electron chi connectivity index (χ4n) is 2.54. The van der Waals surface area contributed by atoms with Gasteiger partial charge in [-0.25, -0.2) is 4.98 Å². The predicted octanol–water partition coefficient (Wildman–Crippen LogP) is 2.58. The van der Waals surface area contributed by atoms with Crippen LogP contribution in [0.2, 0.25) is 0 Å². The van der Waals surface area contributed by atoms with Gasteiger partial charge in [0.15, 0.2) is 0 Å². The molecule has 0 saturated carbocycles. The molecule has 1 atom stereocenters. The van der Waals surface area contributed by atoms with Gasteiger partial charge in [0.1, 0.15) is 12.2 Å². The lowest BCUT2D eigenvalue weighted by Gasteiger charge is -2.19. The van der Waals surface area contributed by atoms with Crippen LogP contribution in [-0.2, 0) is 6.54 Å². The molecule has 18 heavy (non-hydrogen) atoms. The van der Waals surface area contributed by atoms with Gasteiger partial charge in [-0.15, -0.1) is 0 Å². The van der Waals surface area contributed by atoms with E-state index in [1.54, 1.807) is 0 Å². The van der Waals surface area contributed by atoms with E-state index in [1.807, 2.05) is 0 Å². The Bertz CT molecular complexity index is 494. The normalized spacial score (nSPS) is 12.7. The summed E-state index contributed by atoms with van der Waals surface area (Å²) in [4.78, 5) is 4.11. The average molecular weight is 244 g/mol. The van der Waals surface area contributed by atoms with Gasteiger partial charge >= 0.3 is 0 Å². The van der Waals surface area contributed by atoms with E-state index in [9.17, 15) is 0 Å². The highest BCUT2D eigenvalue weighted by Crippen LogP contribution is 2.23. The van der Waals surface area contributed by atoms with Crippen molar-refractivity contribution in [2.75, 3.05) is 0 Å². The molecule has 1 aromatic heterocycles. The molecule has 0 aliphatic carbocycles. The lowest BCUT2D eigenvalue weighted by atomic mass is 9.95. The number of aromatic amines is 1. The Labute approximate surface area is 108 Å². The summed E-state index contributed by atoms with van der Waals surface area (Å²) < 4.78 is 0. The van der Waals surface area contributed by atoms with Crippen molar-refractivity contribution in [3.63, 3.8) is 0 Å². The second kappa shape index (κ2) is 5.31. The highest BCUT2D eigenvalue weighted by atomic mass is 15.2. The van der Waals surface area contributed by atoms with Crippen molar-refractivity contribution in [3.05, 3.63) is 46.5 Å². The van der Waals surface area contributed by atoms with Gasteiger partial charge in [-0.2, -0.15) is 5.10 Å². The van der Waals surface area contributed by atoms with Crippen LogP contribution in [0.3, 0.4) is 0 Å². The summed E-state index contributed by atoms with van der Waals surface area (Å²) in [5.41, 5.74) is 5.37. The molecule has 1 unspecified atom stereocenters. The summed E-state index contributed by atoms with van der Waals surface area (Å²) in [5.74, 6) is 0.865. The van der Waals surface area contributed by atoms with E-state index in [0.29, 0.717) is 12.6 Å². The molecule has 4 nitrogen and oxygen atoms in total. The third kappa shape index (κ3) is 2.76. The van der Waals surface area contributed by atoms with Crippen LogP contribution < -0.4 is 5.32 Å². The molecule has 1 aromatic carbocycles.